The number of H-pyrrole nitrogens is 1. The normalized spacial score (nSPS) is 10.8. The van der Waals surface area contributed by atoms with Crippen LogP contribution in [0.15, 0.2) is 59.3 Å². The Bertz CT molecular complexity index is 1100. The van der Waals surface area contributed by atoms with E-state index in [4.69, 9.17) is 4.42 Å². The molecule has 128 valence electrons. The number of nitro benzene ring substituents is 1. The Kier molecular flexibility index (Phi) is 3.66. The third-order valence-electron chi connectivity index (χ3n) is 3.83. The molecule has 0 fully saturated rings. The largest absolute Gasteiger partial charge is 0.423 e. The number of nitrogens with zero attached hydrogens (tertiary/aromatic N) is 3. The Labute approximate surface area is 145 Å². The number of aromatic amines is 1. The van der Waals surface area contributed by atoms with Crippen LogP contribution in [-0.2, 0) is 0 Å². The zero-order valence-electron chi connectivity index (χ0n) is 13.2. The van der Waals surface area contributed by atoms with Gasteiger partial charge in [-0.1, -0.05) is 12.1 Å². The van der Waals surface area contributed by atoms with Gasteiger partial charge < -0.3 is 14.7 Å². The number of aromatic nitrogens is 3. The van der Waals surface area contributed by atoms with Crippen molar-refractivity contribution >= 4 is 28.2 Å². The molecule has 0 spiro atoms. The molecule has 0 aliphatic rings. The fourth-order valence-electron chi connectivity index (χ4n) is 2.61. The highest BCUT2D eigenvalue weighted by molar-refractivity contribution is 6.06. The molecule has 4 aromatic rings. The van der Waals surface area contributed by atoms with E-state index in [-0.39, 0.29) is 11.4 Å². The van der Waals surface area contributed by atoms with Gasteiger partial charge in [0.25, 0.3) is 11.6 Å². The number of anilines is 1. The SMILES string of the molecule is O=C(Nc1ccc(-c2nnco2)cc1)c1cc2cccc([N+](=O)[O-])c2[nH]1. The molecule has 4 rings (SSSR count). The first-order valence-corrected chi connectivity index (χ1v) is 7.56. The summed E-state index contributed by atoms with van der Waals surface area (Å²) in [5, 5.41) is 21.8. The number of hydrogen-bond donors (Lipinski definition) is 2. The molecule has 2 N–H and O–H groups in total. The quantitative estimate of drug-likeness (QED) is 0.429. The molecule has 2 heterocycles. The summed E-state index contributed by atoms with van der Waals surface area (Å²) in [5.41, 5.74) is 1.75. The maximum absolute atomic E-state index is 12.4. The molecule has 0 atom stereocenters. The van der Waals surface area contributed by atoms with Crippen molar-refractivity contribution in [1.82, 2.24) is 15.2 Å². The molecular weight excluding hydrogens is 338 g/mol. The summed E-state index contributed by atoms with van der Waals surface area (Å²) in [6.07, 6.45) is 1.24. The first-order valence-electron chi connectivity index (χ1n) is 7.56. The van der Waals surface area contributed by atoms with Gasteiger partial charge in [-0.05, 0) is 30.3 Å². The van der Waals surface area contributed by atoms with E-state index in [0.717, 1.165) is 5.56 Å². The van der Waals surface area contributed by atoms with Crippen LogP contribution >= 0.6 is 0 Å². The summed E-state index contributed by atoms with van der Waals surface area (Å²) in [4.78, 5) is 25.8. The lowest BCUT2D eigenvalue weighted by Gasteiger charge is -2.04. The second kappa shape index (κ2) is 6.13. The fraction of sp³-hybridized carbons (Fsp3) is 0. The van der Waals surface area contributed by atoms with Gasteiger partial charge in [-0.3, -0.25) is 14.9 Å². The van der Waals surface area contributed by atoms with Crippen LogP contribution in [0, 0.1) is 10.1 Å². The molecule has 1 amide bonds. The number of benzene rings is 2. The van der Waals surface area contributed by atoms with Gasteiger partial charge in [0.2, 0.25) is 12.3 Å². The molecule has 0 aliphatic heterocycles. The molecule has 0 bridgehead atoms. The second-order valence-corrected chi connectivity index (χ2v) is 5.46. The summed E-state index contributed by atoms with van der Waals surface area (Å²) in [6, 6.07) is 13.1. The predicted octanol–water partition coefficient (Wildman–Crippen LogP) is 3.38. The van der Waals surface area contributed by atoms with Gasteiger partial charge in [-0.15, -0.1) is 10.2 Å². The van der Waals surface area contributed by atoms with E-state index in [1.54, 1.807) is 42.5 Å². The highest BCUT2D eigenvalue weighted by Crippen LogP contribution is 2.26. The molecule has 2 aromatic heterocycles. The summed E-state index contributed by atoms with van der Waals surface area (Å²) in [7, 11) is 0. The van der Waals surface area contributed by atoms with Crippen LogP contribution in [0.3, 0.4) is 0 Å². The third kappa shape index (κ3) is 2.77. The van der Waals surface area contributed by atoms with E-state index in [1.165, 1.54) is 12.5 Å². The smallest absolute Gasteiger partial charge is 0.293 e. The van der Waals surface area contributed by atoms with E-state index in [2.05, 4.69) is 20.5 Å². The van der Waals surface area contributed by atoms with Crippen molar-refractivity contribution < 1.29 is 14.1 Å². The number of hydrogen-bond acceptors (Lipinski definition) is 6. The predicted molar refractivity (Wildman–Crippen MR) is 92.6 cm³/mol. The van der Waals surface area contributed by atoms with Crippen LogP contribution in [0.25, 0.3) is 22.4 Å². The van der Waals surface area contributed by atoms with E-state index in [1.807, 2.05) is 0 Å². The van der Waals surface area contributed by atoms with Gasteiger partial charge in [0.15, 0.2) is 0 Å². The van der Waals surface area contributed by atoms with Gasteiger partial charge >= 0.3 is 0 Å². The zero-order chi connectivity index (χ0) is 18.1. The molecule has 2 aromatic carbocycles. The van der Waals surface area contributed by atoms with Crippen molar-refractivity contribution in [1.29, 1.82) is 0 Å². The Balaban J connectivity index is 1.57. The minimum Gasteiger partial charge on any atom is -0.423 e. The van der Waals surface area contributed by atoms with Gasteiger partial charge in [-0.25, -0.2) is 0 Å². The minimum atomic E-state index is -0.489. The maximum Gasteiger partial charge on any atom is 0.293 e. The van der Waals surface area contributed by atoms with Crippen LogP contribution < -0.4 is 5.32 Å². The molecule has 0 unspecified atom stereocenters. The summed E-state index contributed by atoms with van der Waals surface area (Å²) in [5.74, 6) is -0.0214. The average Bonchev–Trinajstić information content (AvgIpc) is 3.31. The van der Waals surface area contributed by atoms with Crippen molar-refractivity contribution in [2.75, 3.05) is 5.32 Å². The summed E-state index contributed by atoms with van der Waals surface area (Å²) < 4.78 is 5.10. The Morgan fingerprint density at radius 3 is 2.69 bits per heavy atom. The highest BCUT2D eigenvalue weighted by Gasteiger charge is 2.17. The van der Waals surface area contributed by atoms with Crippen LogP contribution in [0.4, 0.5) is 11.4 Å². The number of nitrogens with one attached hydrogen (secondary N) is 2. The van der Waals surface area contributed by atoms with Crippen molar-refractivity contribution in [2.45, 2.75) is 0 Å². The number of amides is 1. The zero-order valence-corrected chi connectivity index (χ0v) is 13.2. The van der Waals surface area contributed by atoms with Crippen LogP contribution in [-0.4, -0.2) is 26.0 Å². The number of carbonyl (C=O) groups excluding carboxylic acids is 1. The lowest BCUT2D eigenvalue weighted by Crippen LogP contribution is -2.12. The van der Waals surface area contributed by atoms with Crippen molar-refractivity contribution in [3.63, 3.8) is 0 Å². The molecule has 0 radical (unpaired) electrons. The van der Waals surface area contributed by atoms with Crippen molar-refractivity contribution in [3.8, 4) is 11.5 Å². The highest BCUT2D eigenvalue weighted by atomic mass is 16.6. The topological polar surface area (TPSA) is 127 Å². The van der Waals surface area contributed by atoms with Gasteiger partial charge in [0, 0.05) is 22.7 Å². The molecule has 0 aliphatic carbocycles. The van der Waals surface area contributed by atoms with Gasteiger partial charge in [0.05, 0.1) is 4.92 Å². The van der Waals surface area contributed by atoms with E-state index in [9.17, 15) is 14.9 Å². The minimum absolute atomic E-state index is 0.0783. The number of nitro groups is 1. The Morgan fingerprint density at radius 1 is 1.19 bits per heavy atom. The number of para-hydroxylation sites is 1. The number of fused-ring (bicyclic) bond motifs is 1. The lowest BCUT2D eigenvalue weighted by molar-refractivity contribution is -0.383. The van der Waals surface area contributed by atoms with Crippen LogP contribution in [0.2, 0.25) is 0 Å². The molecule has 9 heteroatoms. The molecule has 0 saturated heterocycles. The monoisotopic (exact) mass is 349 g/mol. The van der Waals surface area contributed by atoms with Gasteiger partial charge in [0.1, 0.15) is 11.2 Å². The number of carbonyl (C=O) groups is 1. The first kappa shape index (κ1) is 15.5. The molecule has 9 nitrogen and oxygen atoms in total. The lowest BCUT2D eigenvalue weighted by atomic mass is 10.2. The molecule has 26 heavy (non-hydrogen) atoms. The van der Waals surface area contributed by atoms with Crippen molar-refractivity contribution in [3.05, 3.63) is 70.7 Å². The number of non-ortho nitro benzene ring substituents is 1. The average molecular weight is 349 g/mol. The van der Waals surface area contributed by atoms with E-state index >= 15 is 0 Å². The Morgan fingerprint density at radius 2 is 2.00 bits per heavy atom. The maximum atomic E-state index is 12.4. The van der Waals surface area contributed by atoms with Gasteiger partial charge in [-0.2, -0.15) is 0 Å². The Hall–Kier alpha value is -4.01. The standard InChI is InChI=1S/C17H11N5O4/c23-16(13-8-11-2-1-3-14(22(24)25)15(11)20-13)19-12-6-4-10(5-7-12)17-21-18-9-26-17/h1-9,20H,(H,19,23). The summed E-state index contributed by atoms with van der Waals surface area (Å²) in [6.45, 7) is 0. The fourth-order valence-corrected chi connectivity index (χ4v) is 2.61. The van der Waals surface area contributed by atoms with Crippen LogP contribution in [0.1, 0.15) is 10.5 Å². The number of rotatable bonds is 4. The van der Waals surface area contributed by atoms with E-state index < -0.39 is 10.8 Å². The molecule has 0 saturated carbocycles. The van der Waals surface area contributed by atoms with E-state index in [0.29, 0.717) is 22.5 Å². The molecular formula is C17H11N5O4. The first-order chi connectivity index (χ1) is 12.6. The summed E-state index contributed by atoms with van der Waals surface area (Å²) >= 11 is 0. The van der Waals surface area contributed by atoms with Crippen LogP contribution in [0.5, 0.6) is 0 Å². The van der Waals surface area contributed by atoms with Crippen molar-refractivity contribution in [2.24, 2.45) is 0 Å². The third-order valence-corrected chi connectivity index (χ3v) is 3.83. The second-order valence-electron chi connectivity index (χ2n) is 5.46.